The SMILES string of the molecule is O=C(NCc1ccco1)C1CCCN(c2cc(-n3cccn3)ncn2)C1. The molecule has 0 radical (unpaired) electrons. The van der Waals surface area contributed by atoms with Crippen molar-refractivity contribution in [3.8, 4) is 5.82 Å². The third kappa shape index (κ3) is 3.58. The van der Waals surface area contributed by atoms with Crippen LogP contribution in [0.15, 0.2) is 53.7 Å². The largest absolute Gasteiger partial charge is 0.467 e. The van der Waals surface area contributed by atoms with Crippen LogP contribution >= 0.6 is 0 Å². The van der Waals surface area contributed by atoms with E-state index in [2.05, 4.69) is 25.3 Å². The van der Waals surface area contributed by atoms with Crippen molar-refractivity contribution in [1.29, 1.82) is 0 Å². The van der Waals surface area contributed by atoms with Gasteiger partial charge in [-0.2, -0.15) is 5.10 Å². The van der Waals surface area contributed by atoms with Gasteiger partial charge in [0.25, 0.3) is 0 Å². The summed E-state index contributed by atoms with van der Waals surface area (Å²) in [4.78, 5) is 23.3. The van der Waals surface area contributed by atoms with Crippen LogP contribution in [0.2, 0.25) is 0 Å². The Labute approximate surface area is 150 Å². The minimum Gasteiger partial charge on any atom is -0.467 e. The Balaban J connectivity index is 1.42. The number of carbonyl (C=O) groups is 1. The Hall–Kier alpha value is -3.16. The fourth-order valence-corrected chi connectivity index (χ4v) is 3.17. The van der Waals surface area contributed by atoms with Crippen LogP contribution in [-0.2, 0) is 11.3 Å². The van der Waals surface area contributed by atoms with Gasteiger partial charge < -0.3 is 14.6 Å². The third-order valence-electron chi connectivity index (χ3n) is 4.51. The van der Waals surface area contributed by atoms with Gasteiger partial charge in [-0.25, -0.2) is 14.6 Å². The maximum Gasteiger partial charge on any atom is 0.225 e. The summed E-state index contributed by atoms with van der Waals surface area (Å²) in [6.07, 6.45) is 8.51. The second kappa shape index (κ2) is 7.38. The molecule has 0 saturated carbocycles. The van der Waals surface area contributed by atoms with Gasteiger partial charge in [0.15, 0.2) is 5.82 Å². The van der Waals surface area contributed by atoms with E-state index in [0.29, 0.717) is 18.9 Å². The molecule has 1 saturated heterocycles. The van der Waals surface area contributed by atoms with Crippen LogP contribution in [0.3, 0.4) is 0 Å². The molecule has 8 heteroatoms. The number of anilines is 1. The lowest BCUT2D eigenvalue weighted by atomic mass is 9.97. The van der Waals surface area contributed by atoms with Crippen LogP contribution in [0.5, 0.6) is 0 Å². The van der Waals surface area contributed by atoms with Gasteiger partial charge in [0.2, 0.25) is 5.91 Å². The van der Waals surface area contributed by atoms with Gasteiger partial charge in [-0.1, -0.05) is 0 Å². The summed E-state index contributed by atoms with van der Waals surface area (Å²) in [5.41, 5.74) is 0. The van der Waals surface area contributed by atoms with Gasteiger partial charge in [-0.3, -0.25) is 4.79 Å². The molecule has 1 aliphatic rings. The van der Waals surface area contributed by atoms with Gasteiger partial charge in [-0.05, 0) is 31.0 Å². The third-order valence-corrected chi connectivity index (χ3v) is 4.51. The normalized spacial score (nSPS) is 17.2. The molecule has 0 aromatic carbocycles. The van der Waals surface area contributed by atoms with Gasteiger partial charge in [0.05, 0.1) is 18.7 Å². The molecule has 3 aromatic heterocycles. The van der Waals surface area contributed by atoms with E-state index >= 15 is 0 Å². The molecule has 1 fully saturated rings. The van der Waals surface area contributed by atoms with E-state index in [1.165, 1.54) is 6.33 Å². The zero-order valence-electron chi connectivity index (χ0n) is 14.3. The number of nitrogens with one attached hydrogen (secondary N) is 1. The van der Waals surface area contributed by atoms with Crippen LogP contribution < -0.4 is 10.2 Å². The van der Waals surface area contributed by atoms with Crippen molar-refractivity contribution in [3.05, 3.63) is 55.0 Å². The van der Waals surface area contributed by atoms with Crippen LogP contribution in [-0.4, -0.2) is 38.7 Å². The summed E-state index contributed by atoms with van der Waals surface area (Å²) in [5.74, 6) is 2.26. The number of furan rings is 1. The molecule has 4 rings (SSSR count). The zero-order chi connectivity index (χ0) is 17.8. The number of carbonyl (C=O) groups excluding carboxylic acids is 1. The highest BCUT2D eigenvalue weighted by Gasteiger charge is 2.26. The molecule has 3 aromatic rings. The molecule has 134 valence electrons. The maximum atomic E-state index is 12.5. The average molecular weight is 352 g/mol. The number of hydrogen-bond donors (Lipinski definition) is 1. The molecule has 0 spiro atoms. The smallest absolute Gasteiger partial charge is 0.225 e. The van der Waals surface area contributed by atoms with E-state index in [1.54, 1.807) is 17.1 Å². The Morgan fingerprint density at radius 1 is 1.31 bits per heavy atom. The Bertz CT molecular complexity index is 846. The summed E-state index contributed by atoms with van der Waals surface area (Å²) >= 11 is 0. The highest BCUT2D eigenvalue weighted by molar-refractivity contribution is 5.79. The van der Waals surface area contributed by atoms with E-state index in [1.807, 2.05) is 30.5 Å². The molecule has 26 heavy (non-hydrogen) atoms. The van der Waals surface area contributed by atoms with E-state index < -0.39 is 0 Å². The van der Waals surface area contributed by atoms with E-state index in [0.717, 1.165) is 31.0 Å². The predicted octanol–water partition coefficient (Wildman–Crippen LogP) is 1.79. The molecule has 1 amide bonds. The molecule has 1 atom stereocenters. The van der Waals surface area contributed by atoms with Crippen molar-refractivity contribution in [2.24, 2.45) is 5.92 Å². The lowest BCUT2D eigenvalue weighted by Crippen LogP contribution is -2.43. The van der Waals surface area contributed by atoms with Crippen LogP contribution in [0.1, 0.15) is 18.6 Å². The first-order chi connectivity index (χ1) is 12.8. The minimum atomic E-state index is -0.0677. The van der Waals surface area contributed by atoms with Gasteiger partial charge in [0.1, 0.15) is 17.9 Å². The molecule has 0 bridgehead atoms. The Kier molecular flexibility index (Phi) is 4.63. The molecular weight excluding hydrogens is 332 g/mol. The van der Waals surface area contributed by atoms with Crippen molar-refractivity contribution in [2.45, 2.75) is 19.4 Å². The molecule has 8 nitrogen and oxygen atoms in total. The van der Waals surface area contributed by atoms with E-state index in [4.69, 9.17) is 4.42 Å². The van der Waals surface area contributed by atoms with Gasteiger partial charge >= 0.3 is 0 Å². The number of nitrogens with zero attached hydrogens (tertiary/aromatic N) is 5. The number of rotatable bonds is 5. The minimum absolute atomic E-state index is 0.0486. The molecule has 1 aliphatic heterocycles. The summed E-state index contributed by atoms with van der Waals surface area (Å²) in [6.45, 7) is 1.93. The summed E-state index contributed by atoms with van der Waals surface area (Å²) < 4.78 is 6.96. The number of aromatic nitrogens is 4. The average Bonchev–Trinajstić information content (AvgIpc) is 3.40. The van der Waals surface area contributed by atoms with Crippen molar-refractivity contribution in [2.75, 3.05) is 18.0 Å². The second-order valence-corrected chi connectivity index (χ2v) is 6.27. The maximum absolute atomic E-state index is 12.5. The van der Waals surface area contributed by atoms with Crippen LogP contribution in [0.25, 0.3) is 5.82 Å². The van der Waals surface area contributed by atoms with Crippen LogP contribution in [0, 0.1) is 5.92 Å². The first-order valence-corrected chi connectivity index (χ1v) is 8.67. The van der Waals surface area contributed by atoms with Crippen molar-refractivity contribution < 1.29 is 9.21 Å². The highest BCUT2D eigenvalue weighted by Crippen LogP contribution is 2.22. The van der Waals surface area contributed by atoms with E-state index in [9.17, 15) is 4.79 Å². The van der Waals surface area contributed by atoms with Gasteiger partial charge in [-0.15, -0.1) is 0 Å². The molecule has 0 aliphatic carbocycles. The fourth-order valence-electron chi connectivity index (χ4n) is 3.17. The summed E-state index contributed by atoms with van der Waals surface area (Å²) in [5, 5.41) is 7.15. The van der Waals surface area contributed by atoms with E-state index in [-0.39, 0.29) is 11.8 Å². The number of piperidine rings is 1. The number of amides is 1. The van der Waals surface area contributed by atoms with Gasteiger partial charge in [0, 0.05) is 31.5 Å². The fraction of sp³-hybridized carbons (Fsp3) is 0.333. The Morgan fingerprint density at radius 2 is 2.23 bits per heavy atom. The summed E-state index contributed by atoms with van der Waals surface area (Å²) in [7, 11) is 0. The number of hydrogen-bond acceptors (Lipinski definition) is 6. The molecular formula is C18H20N6O2. The second-order valence-electron chi connectivity index (χ2n) is 6.27. The molecule has 1 N–H and O–H groups in total. The van der Waals surface area contributed by atoms with Crippen LogP contribution in [0.4, 0.5) is 5.82 Å². The predicted molar refractivity (Wildman–Crippen MR) is 94.6 cm³/mol. The first kappa shape index (κ1) is 16.3. The standard InChI is InChI=1S/C18H20N6O2/c25-18(19-11-15-5-2-9-26-15)14-4-1-7-23(12-14)16-10-17(21-13-20-16)24-8-3-6-22-24/h2-3,5-6,8-10,13-14H,1,4,7,11-12H2,(H,19,25). The first-order valence-electron chi connectivity index (χ1n) is 8.67. The van der Waals surface area contributed by atoms with Crippen molar-refractivity contribution >= 4 is 11.7 Å². The zero-order valence-corrected chi connectivity index (χ0v) is 14.3. The summed E-state index contributed by atoms with van der Waals surface area (Å²) in [6, 6.07) is 7.42. The molecule has 4 heterocycles. The lowest BCUT2D eigenvalue weighted by Gasteiger charge is -2.32. The topological polar surface area (TPSA) is 89.1 Å². The monoisotopic (exact) mass is 352 g/mol. The lowest BCUT2D eigenvalue weighted by molar-refractivity contribution is -0.125. The quantitative estimate of drug-likeness (QED) is 0.753. The van der Waals surface area contributed by atoms with Crippen molar-refractivity contribution in [3.63, 3.8) is 0 Å². The Morgan fingerprint density at radius 3 is 3.04 bits per heavy atom. The molecule has 1 unspecified atom stereocenters. The van der Waals surface area contributed by atoms with Crippen molar-refractivity contribution in [1.82, 2.24) is 25.1 Å². The highest BCUT2D eigenvalue weighted by atomic mass is 16.3.